The number of nitrogens with one attached hydrogen (secondary N) is 2. The number of amides is 1. The van der Waals surface area contributed by atoms with E-state index >= 15 is 0 Å². The molecule has 2 saturated heterocycles. The van der Waals surface area contributed by atoms with Gasteiger partial charge in [0.2, 0.25) is 5.91 Å². The van der Waals surface area contributed by atoms with Gasteiger partial charge in [0.25, 0.3) is 0 Å². The van der Waals surface area contributed by atoms with Crippen molar-refractivity contribution in [2.24, 2.45) is 5.92 Å². The highest BCUT2D eigenvalue weighted by Gasteiger charge is 2.34. The maximum absolute atomic E-state index is 12.4. The molecule has 2 aliphatic heterocycles. The number of nitrogens with zero attached hydrogens (tertiary/aromatic N) is 2. The monoisotopic (exact) mass is 346 g/mol. The minimum absolute atomic E-state index is 0. The lowest BCUT2D eigenvalue weighted by Crippen LogP contribution is -2.39. The number of aromatic nitrogens is 2. The van der Waals surface area contributed by atoms with Gasteiger partial charge in [0.05, 0.1) is 5.69 Å². The molecule has 1 aromatic heterocycles. The number of rotatable bonds is 4. The van der Waals surface area contributed by atoms with E-state index in [2.05, 4.69) is 15.7 Å². The van der Waals surface area contributed by atoms with Crippen LogP contribution in [-0.2, 0) is 4.79 Å². The Balaban J connectivity index is 0.00000169. The highest BCUT2D eigenvalue weighted by Crippen LogP contribution is 2.32. The first-order chi connectivity index (χ1) is 11.3. The SMILES string of the molecule is Cl.O=C(CC1CC2CCC(C1)N2)Nc1cccc(-n2cccn2)c1. The van der Waals surface area contributed by atoms with Crippen LogP contribution < -0.4 is 10.6 Å². The van der Waals surface area contributed by atoms with E-state index in [1.807, 2.05) is 36.5 Å². The average molecular weight is 347 g/mol. The second kappa shape index (κ2) is 7.36. The molecule has 4 rings (SSSR count). The zero-order valence-electron chi connectivity index (χ0n) is 13.5. The van der Waals surface area contributed by atoms with Gasteiger partial charge in [0.1, 0.15) is 0 Å². The predicted molar refractivity (Wildman–Crippen MR) is 96.7 cm³/mol. The Labute approximate surface area is 148 Å². The first-order valence-corrected chi connectivity index (χ1v) is 8.42. The molecule has 2 bridgehead atoms. The van der Waals surface area contributed by atoms with E-state index in [1.165, 1.54) is 12.8 Å². The molecular weight excluding hydrogens is 324 g/mol. The number of carbonyl (C=O) groups is 1. The lowest BCUT2D eigenvalue weighted by molar-refractivity contribution is -0.117. The van der Waals surface area contributed by atoms with Gasteiger partial charge in [0, 0.05) is 36.6 Å². The summed E-state index contributed by atoms with van der Waals surface area (Å²) in [7, 11) is 0. The van der Waals surface area contributed by atoms with Gasteiger partial charge < -0.3 is 10.6 Å². The second-order valence-corrected chi connectivity index (χ2v) is 6.73. The molecule has 2 N–H and O–H groups in total. The highest BCUT2D eigenvalue weighted by atomic mass is 35.5. The molecule has 2 aromatic rings. The van der Waals surface area contributed by atoms with Crippen molar-refractivity contribution in [2.45, 2.75) is 44.2 Å². The summed E-state index contributed by atoms with van der Waals surface area (Å²) in [5.41, 5.74) is 1.78. The van der Waals surface area contributed by atoms with Crippen molar-refractivity contribution in [3.05, 3.63) is 42.7 Å². The van der Waals surface area contributed by atoms with Gasteiger partial charge >= 0.3 is 0 Å². The Morgan fingerprint density at radius 3 is 2.75 bits per heavy atom. The topological polar surface area (TPSA) is 59.0 Å². The molecule has 128 valence electrons. The van der Waals surface area contributed by atoms with E-state index in [1.54, 1.807) is 10.9 Å². The van der Waals surface area contributed by atoms with Crippen molar-refractivity contribution in [2.75, 3.05) is 5.32 Å². The molecule has 1 aromatic carbocycles. The third kappa shape index (κ3) is 3.79. The fourth-order valence-corrected chi connectivity index (χ4v) is 3.96. The van der Waals surface area contributed by atoms with Crippen LogP contribution in [0.2, 0.25) is 0 Å². The van der Waals surface area contributed by atoms with Crippen LogP contribution >= 0.6 is 12.4 Å². The Morgan fingerprint density at radius 2 is 2.04 bits per heavy atom. The number of benzene rings is 1. The molecule has 2 fully saturated rings. The number of carbonyl (C=O) groups excluding carboxylic acids is 1. The molecule has 2 atom stereocenters. The van der Waals surface area contributed by atoms with Gasteiger partial charge in [-0.2, -0.15) is 5.10 Å². The maximum atomic E-state index is 12.4. The zero-order chi connectivity index (χ0) is 15.6. The lowest BCUT2D eigenvalue weighted by Gasteiger charge is -2.28. The second-order valence-electron chi connectivity index (χ2n) is 6.73. The van der Waals surface area contributed by atoms with Crippen LogP contribution in [0.15, 0.2) is 42.7 Å². The Kier molecular flexibility index (Phi) is 5.21. The molecule has 0 saturated carbocycles. The van der Waals surface area contributed by atoms with E-state index in [4.69, 9.17) is 0 Å². The van der Waals surface area contributed by atoms with E-state index in [0.717, 1.165) is 24.2 Å². The fourth-order valence-electron chi connectivity index (χ4n) is 3.96. The van der Waals surface area contributed by atoms with Crippen LogP contribution in [0.4, 0.5) is 5.69 Å². The molecule has 5 nitrogen and oxygen atoms in total. The summed E-state index contributed by atoms with van der Waals surface area (Å²) in [5.74, 6) is 0.636. The summed E-state index contributed by atoms with van der Waals surface area (Å²) in [6, 6.07) is 11.0. The van der Waals surface area contributed by atoms with Crippen molar-refractivity contribution < 1.29 is 4.79 Å². The van der Waals surface area contributed by atoms with E-state index in [0.29, 0.717) is 24.4 Å². The van der Waals surface area contributed by atoms with Crippen molar-refractivity contribution >= 4 is 24.0 Å². The van der Waals surface area contributed by atoms with Crippen molar-refractivity contribution in [3.8, 4) is 5.69 Å². The number of anilines is 1. The number of halogens is 1. The highest BCUT2D eigenvalue weighted by molar-refractivity contribution is 5.91. The molecular formula is C18H23ClN4O. The van der Waals surface area contributed by atoms with Gasteiger partial charge in [-0.25, -0.2) is 4.68 Å². The number of hydrogen-bond acceptors (Lipinski definition) is 3. The fraction of sp³-hybridized carbons (Fsp3) is 0.444. The first-order valence-electron chi connectivity index (χ1n) is 8.42. The molecule has 0 radical (unpaired) electrons. The quantitative estimate of drug-likeness (QED) is 0.894. The van der Waals surface area contributed by atoms with Gasteiger partial charge in [-0.3, -0.25) is 4.79 Å². The van der Waals surface area contributed by atoms with Gasteiger partial charge in [0.15, 0.2) is 0 Å². The third-order valence-electron chi connectivity index (χ3n) is 4.94. The Hall–Kier alpha value is -1.85. The largest absolute Gasteiger partial charge is 0.326 e. The minimum Gasteiger partial charge on any atom is -0.326 e. The van der Waals surface area contributed by atoms with Crippen LogP contribution in [0.3, 0.4) is 0 Å². The standard InChI is InChI=1S/C18H22N4O.ClH/c23-18(11-13-9-15-5-6-16(10-13)20-15)21-14-3-1-4-17(12-14)22-8-2-7-19-22;/h1-4,7-8,12-13,15-16,20H,5-6,9-11H2,(H,21,23);1H. The summed E-state index contributed by atoms with van der Waals surface area (Å²) >= 11 is 0. The zero-order valence-corrected chi connectivity index (χ0v) is 14.3. The Bertz CT molecular complexity index is 676. The molecule has 2 aliphatic rings. The predicted octanol–water partition coefficient (Wildman–Crippen LogP) is 3.15. The van der Waals surface area contributed by atoms with Crippen LogP contribution in [0, 0.1) is 5.92 Å². The van der Waals surface area contributed by atoms with Crippen molar-refractivity contribution in [1.29, 1.82) is 0 Å². The van der Waals surface area contributed by atoms with Gasteiger partial charge in [-0.15, -0.1) is 12.4 Å². The number of hydrogen-bond donors (Lipinski definition) is 2. The summed E-state index contributed by atoms with van der Waals surface area (Å²) in [6.45, 7) is 0. The van der Waals surface area contributed by atoms with Gasteiger partial charge in [-0.05, 0) is 55.9 Å². The first kappa shape index (κ1) is 17.0. The maximum Gasteiger partial charge on any atom is 0.224 e. The summed E-state index contributed by atoms with van der Waals surface area (Å²) in [4.78, 5) is 12.4. The number of piperidine rings is 1. The molecule has 6 heteroatoms. The molecule has 0 aliphatic carbocycles. The van der Waals surface area contributed by atoms with E-state index in [-0.39, 0.29) is 18.3 Å². The molecule has 24 heavy (non-hydrogen) atoms. The van der Waals surface area contributed by atoms with Crippen LogP contribution in [0.25, 0.3) is 5.69 Å². The average Bonchev–Trinajstić information content (AvgIpc) is 3.17. The molecule has 1 amide bonds. The molecule has 2 unspecified atom stereocenters. The van der Waals surface area contributed by atoms with Crippen LogP contribution in [0.5, 0.6) is 0 Å². The van der Waals surface area contributed by atoms with E-state index < -0.39 is 0 Å². The summed E-state index contributed by atoms with van der Waals surface area (Å²) in [5, 5.41) is 10.9. The van der Waals surface area contributed by atoms with Crippen LogP contribution in [-0.4, -0.2) is 27.8 Å². The summed E-state index contributed by atoms with van der Waals surface area (Å²) < 4.78 is 1.79. The normalized spacial score (nSPS) is 25.1. The Morgan fingerprint density at radius 1 is 1.25 bits per heavy atom. The van der Waals surface area contributed by atoms with Crippen LogP contribution in [0.1, 0.15) is 32.1 Å². The smallest absolute Gasteiger partial charge is 0.224 e. The van der Waals surface area contributed by atoms with Gasteiger partial charge in [-0.1, -0.05) is 6.07 Å². The molecule has 3 heterocycles. The third-order valence-corrected chi connectivity index (χ3v) is 4.94. The minimum atomic E-state index is 0. The lowest BCUT2D eigenvalue weighted by atomic mass is 9.89. The molecule has 0 spiro atoms. The number of fused-ring (bicyclic) bond motifs is 2. The van der Waals surface area contributed by atoms with Crippen molar-refractivity contribution in [3.63, 3.8) is 0 Å². The van der Waals surface area contributed by atoms with Crippen molar-refractivity contribution in [1.82, 2.24) is 15.1 Å². The van der Waals surface area contributed by atoms with E-state index in [9.17, 15) is 4.79 Å². The summed E-state index contributed by atoms with van der Waals surface area (Å²) in [6.07, 6.45) is 9.08.